The fourth-order valence-corrected chi connectivity index (χ4v) is 3.36. The van der Waals surface area contributed by atoms with Crippen LogP contribution < -0.4 is 4.90 Å². The highest BCUT2D eigenvalue weighted by atomic mass is 16.6. The largest absolute Gasteiger partial charge is 0.451 e. The lowest BCUT2D eigenvalue weighted by Crippen LogP contribution is -2.35. The molecular weight excluding hydrogens is 284 g/mol. The molecule has 2 aliphatic rings. The van der Waals surface area contributed by atoms with Crippen molar-refractivity contribution in [1.82, 2.24) is 4.98 Å². The van der Waals surface area contributed by atoms with E-state index in [2.05, 4.69) is 9.88 Å². The summed E-state index contributed by atoms with van der Waals surface area (Å²) in [5, 5.41) is 0. The maximum atomic E-state index is 12.3. The molecule has 6 heteroatoms. The van der Waals surface area contributed by atoms with Crippen LogP contribution in [0.3, 0.4) is 0 Å². The summed E-state index contributed by atoms with van der Waals surface area (Å²) < 4.78 is 16.3. The predicted octanol–water partition coefficient (Wildman–Crippen LogP) is 1.73. The molecule has 0 amide bonds. The van der Waals surface area contributed by atoms with E-state index >= 15 is 0 Å². The number of carbonyl (C=O) groups excluding carboxylic acids is 1. The lowest BCUT2D eigenvalue weighted by molar-refractivity contribution is 0.00956. The van der Waals surface area contributed by atoms with Crippen LogP contribution in [0.15, 0.2) is 12.3 Å². The van der Waals surface area contributed by atoms with Gasteiger partial charge in [0.05, 0.1) is 18.8 Å². The molecular formula is C16H22N2O4. The molecule has 1 fully saturated rings. The molecule has 120 valence electrons. The van der Waals surface area contributed by atoms with Gasteiger partial charge in [0.2, 0.25) is 0 Å². The van der Waals surface area contributed by atoms with E-state index in [1.807, 2.05) is 19.9 Å². The van der Waals surface area contributed by atoms with Gasteiger partial charge >= 0.3 is 5.97 Å². The molecule has 6 nitrogen and oxygen atoms in total. The summed E-state index contributed by atoms with van der Waals surface area (Å²) in [6.45, 7) is 5.06. The van der Waals surface area contributed by atoms with Crippen molar-refractivity contribution >= 4 is 11.8 Å². The Bertz CT molecular complexity index is 588. The molecule has 1 aromatic heterocycles. The highest BCUT2D eigenvalue weighted by Crippen LogP contribution is 2.41. The second-order valence-corrected chi connectivity index (χ2v) is 6.31. The summed E-state index contributed by atoms with van der Waals surface area (Å²) in [4.78, 5) is 18.9. The number of pyridine rings is 1. The number of aromatic nitrogens is 1. The molecule has 0 aromatic carbocycles. The molecule has 0 saturated carbocycles. The van der Waals surface area contributed by atoms with E-state index in [-0.39, 0.29) is 18.1 Å². The van der Waals surface area contributed by atoms with Gasteiger partial charge in [-0.05, 0) is 26.3 Å². The van der Waals surface area contributed by atoms with Crippen molar-refractivity contribution in [2.45, 2.75) is 38.0 Å². The second-order valence-electron chi connectivity index (χ2n) is 6.31. The van der Waals surface area contributed by atoms with Crippen LogP contribution in [0.4, 0.5) is 5.82 Å². The minimum absolute atomic E-state index is 0.114. The molecule has 2 atom stereocenters. The van der Waals surface area contributed by atoms with Gasteiger partial charge in [-0.2, -0.15) is 0 Å². The van der Waals surface area contributed by atoms with Crippen LogP contribution in [0.1, 0.15) is 36.2 Å². The predicted molar refractivity (Wildman–Crippen MR) is 81.1 cm³/mol. The number of carbonyl (C=O) groups is 1. The van der Waals surface area contributed by atoms with Crippen LogP contribution in [-0.4, -0.2) is 50.5 Å². The number of cyclic esters (lactones) is 1. The van der Waals surface area contributed by atoms with Crippen LogP contribution in [0.5, 0.6) is 0 Å². The summed E-state index contributed by atoms with van der Waals surface area (Å²) in [5.41, 5.74) is 0.853. The summed E-state index contributed by atoms with van der Waals surface area (Å²) in [7, 11) is 3.39. The zero-order chi connectivity index (χ0) is 15.9. The number of nitrogens with zero attached hydrogens (tertiary/aromatic N) is 2. The van der Waals surface area contributed by atoms with E-state index in [1.54, 1.807) is 20.4 Å². The average molecular weight is 306 g/mol. The first-order valence-corrected chi connectivity index (χ1v) is 7.49. The molecule has 1 saturated heterocycles. The molecule has 3 heterocycles. The van der Waals surface area contributed by atoms with Gasteiger partial charge in [0.15, 0.2) is 0 Å². The third kappa shape index (κ3) is 2.36. The first kappa shape index (κ1) is 15.2. The fourth-order valence-electron chi connectivity index (χ4n) is 3.36. The van der Waals surface area contributed by atoms with Crippen molar-refractivity contribution in [1.29, 1.82) is 0 Å². The minimum atomic E-state index is -0.610. The maximum absolute atomic E-state index is 12.3. The summed E-state index contributed by atoms with van der Waals surface area (Å²) >= 11 is 0. The maximum Gasteiger partial charge on any atom is 0.343 e. The number of rotatable bonds is 4. The van der Waals surface area contributed by atoms with Crippen molar-refractivity contribution in [3.8, 4) is 0 Å². The van der Waals surface area contributed by atoms with Gasteiger partial charge < -0.3 is 19.1 Å². The standard InChI is InChI=1S/C16H22N2O4/c1-16(2)12-5-6-17-14(13(12)15(19)22-16)18-8-11(21-4)7-10(18)9-20-3/h5-6,10-11H,7-9H2,1-4H3/t10-,11-/m0/s1. The Hall–Kier alpha value is -1.66. The number of fused-ring (bicyclic) bond motifs is 1. The van der Waals surface area contributed by atoms with Gasteiger partial charge in [0.25, 0.3) is 0 Å². The quantitative estimate of drug-likeness (QED) is 0.790. The molecule has 0 N–H and O–H groups in total. The van der Waals surface area contributed by atoms with Crippen LogP contribution in [0.2, 0.25) is 0 Å². The first-order chi connectivity index (χ1) is 10.5. The van der Waals surface area contributed by atoms with Gasteiger partial charge in [0.1, 0.15) is 17.0 Å². The molecule has 0 spiro atoms. The topological polar surface area (TPSA) is 60.9 Å². The van der Waals surface area contributed by atoms with E-state index < -0.39 is 5.60 Å². The van der Waals surface area contributed by atoms with Crippen LogP contribution >= 0.6 is 0 Å². The molecule has 2 aliphatic heterocycles. The number of methoxy groups -OCH3 is 2. The number of hydrogen-bond acceptors (Lipinski definition) is 6. The normalized spacial score (nSPS) is 26.2. The smallest absolute Gasteiger partial charge is 0.343 e. The van der Waals surface area contributed by atoms with Crippen LogP contribution in [0.25, 0.3) is 0 Å². The van der Waals surface area contributed by atoms with E-state index in [4.69, 9.17) is 14.2 Å². The van der Waals surface area contributed by atoms with Crippen molar-refractivity contribution < 1.29 is 19.0 Å². The fraction of sp³-hybridized carbons (Fsp3) is 0.625. The molecule has 3 rings (SSSR count). The second kappa shape index (κ2) is 5.52. The summed E-state index contributed by atoms with van der Waals surface area (Å²) in [5.74, 6) is 0.370. The first-order valence-electron chi connectivity index (χ1n) is 7.49. The number of hydrogen-bond donors (Lipinski definition) is 0. The van der Waals surface area contributed by atoms with Crippen LogP contribution in [0, 0.1) is 0 Å². The van der Waals surface area contributed by atoms with Gasteiger partial charge in [-0.15, -0.1) is 0 Å². The molecule has 0 bridgehead atoms. The minimum Gasteiger partial charge on any atom is -0.451 e. The van der Waals surface area contributed by atoms with E-state index in [0.29, 0.717) is 24.5 Å². The third-order valence-electron chi connectivity index (χ3n) is 4.47. The van der Waals surface area contributed by atoms with E-state index in [9.17, 15) is 4.79 Å². The van der Waals surface area contributed by atoms with Gasteiger partial charge in [-0.1, -0.05) is 0 Å². The molecule has 0 radical (unpaired) electrons. The Balaban J connectivity index is 2.02. The number of anilines is 1. The Kier molecular flexibility index (Phi) is 3.82. The third-order valence-corrected chi connectivity index (χ3v) is 4.47. The van der Waals surface area contributed by atoms with Crippen molar-refractivity contribution in [2.75, 3.05) is 32.3 Å². The van der Waals surface area contributed by atoms with Crippen molar-refractivity contribution in [3.05, 3.63) is 23.4 Å². The van der Waals surface area contributed by atoms with Gasteiger partial charge in [0, 0.05) is 32.5 Å². The summed E-state index contributed by atoms with van der Waals surface area (Å²) in [6, 6.07) is 2.00. The SMILES string of the molecule is COC[C@@H]1C[C@H](OC)CN1c1nccc2c1C(=O)OC2(C)C. The Morgan fingerprint density at radius 2 is 2.23 bits per heavy atom. The summed E-state index contributed by atoms with van der Waals surface area (Å²) in [6.07, 6.45) is 2.71. The molecule has 0 unspecified atom stereocenters. The molecule has 22 heavy (non-hydrogen) atoms. The van der Waals surface area contributed by atoms with Crippen molar-refractivity contribution in [2.24, 2.45) is 0 Å². The number of ether oxygens (including phenoxy) is 3. The highest BCUT2D eigenvalue weighted by molar-refractivity contribution is 5.99. The van der Waals surface area contributed by atoms with Gasteiger partial charge in [-0.25, -0.2) is 9.78 Å². The Morgan fingerprint density at radius 3 is 2.91 bits per heavy atom. The van der Waals surface area contributed by atoms with E-state index in [1.165, 1.54) is 0 Å². The zero-order valence-corrected chi connectivity index (χ0v) is 13.5. The Labute approximate surface area is 130 Å². The van der Waals surface area contributed by atoms with E-state index in [0.717, 1.165) is 12.0 Å². The number of esters is 1. The lowest BCUT2D eigenvalue weighted by Gasteiger charge is -2.26. The Morgan fingerprint density at radius 1 is 1.45 bits per heavy atom. The zero-order valence-electron chi connectivity index (χ0n) is 13.5. The molecule has 0 aliphatic carbocycles. The van der Waals surface area contributed by atoms with Gasteiger partial charge in [-0.3, -0.25) is 0 Å². The molecule has 1 aromatic rings. The van der Waals surface area contributed by atoms with Crippen molar-refractivity contribution in [3.63, 3.8) is 0 Å². The average Bonchev–Trinajstić information content (AvgIpc) is 2.99. The van der Waals surface area contributed by atoms with Crippen LogP contribution in [-0.2, 0) is 19.8 Å². The highest BCUT2D eigenvalue weighted by Gasteiger charge is 2.43. The monoisotopic (exact) mass is 306 g/mol. The lowest BCUT2D eigenvalue weighted by atomic mass is 9.97.